The number of aromatic nitrogens is 2. The number of hydrogen-bond donors (Lipinski definition) is 1. The van der Waals surface area contributed by atoms with Crippen molar-refractivity contribution in [1.29, 1.82) is 0 Å². The van der Waals surface area contributed by atoms with Gasteiger partial charge in [-0.25, -0.2) is 0 Å². The Morgan fingerprint density at radius 2 is 2.07 bits per heavy atom. The monoisotopic (exact) mass is 389 g/mol. The van der Waals surface area contributed by atoms with Crippen LogP contribution in [0.25, 0.3) is 11.5 Å². The van der Waals surface area contributed by atoms with Crippen molar-refractivity contribution in [2.45, 2.75) is 13.0 Å². The number of rotatable bonds is 5. The van der Waals surface area contributed by atoms with Gasteiger partial charge in [0.25, 0.3) is 5.89 Å². The van der Waals surface area contributed by atoms with Crippen LogP contribution in [0.4, 0.5) is 0 Å². The summed E-state index contributed by atoms with van der Waals surface area (Å²) in [6, 6.07) is 9.74. The number of benzene rings is 1. The van der Waals surface area contributed by atoms with Crippen LogP contribution in [-0.4, -0.2) is 70.9 Å². The first-order valence-electron chi connectivity index (χ1n) is 8.85. The molecule has 9 heteroatoms. The Balaban J connectivity index is 1.51. The molecule has 1 fully saturated rings. The van der Waals surface area contributed by atoms with Gasteiger partial charge < -0.3 is 19.5 Å². The van der Waals surface area contributed by atoms with Gasteiger partial charge in [-0.15, -0.1) is 0 Å². The van der Waals surface area contributed by atoms with Crippen LogP contribution in [0.1, 0.15) is 12.2 Å². The van der Waals surface area contributed by atoms with Crippen LogP contribution in [-0.2, 0) is 16.1 Å². The summed E-state index contributed by atoms with van der Waals surface area (Å²) in [6.07, 6.45) is 0.962. The van der Waals surface area contributed by atoms with Crippen molar-refractivity contribution in [1.82, 2.24) is 25.3 Å². The molecule has 0 amide bonds. The second-order valence-corrected chi connectivity index (χ2v) is 6.62. The molecule has 27 heavy (non-hydrogen) atoms. The molecule has 3 rings (SSSR count). The topological polar surface area (TPSA) is 83.7 Å². The van der Waals surface area contributed by atoms with Gasteiger partial charge in [0.2, 0.25) is 0 Å². The first-order chi connectivity index (χ1) is 13.2. The lowest BCUT2D eigenvalue weighted by Crippen LogP contribution is -2.43. The average molecular weight is 389 g/mol. The van der Waals surface area contributed by atoms with Crippen LogP contribution in [0, 0.1) is 0 Å². The van der Waals surface area contributed by atoms with Gasteiger partial charge in [0.1, 0.15) is 6.54 Å². The van der Waals surface area contributed by atoms with Gasteiger partial charge in [-0.05, 0) is 30.8 Å². The van der Waals surface area contributed by atoms with Gasteiger partial charge in [-0.2, -0.15) is 4.98 Å². The summed E-state index contributed by atoms with van der Waals surface area (Å²) in [5, 5.41) is 7.62. The summed E-state index contributed by atoms with van der Waals surface area (Å²) < 4.78 is 9.99. The molecule has 1 N–H and O–H groups in total. The Morgan fingerprint density at radius 3 is 2.85 bits per heavy atom. The highest BCUT2D eigenvalue weighted by Gasteiger charge is 2.19. The van der Waals surface area contributed by atoms with Crippen molar-refractivity contribution in [2.24, 2.45) is 0 Å². The number of esters is 1. The van der Waals surface area contributed by atoms with Crippen molar-refractivity contribution < 1.29 is 14.1 Å². The first kappa shape index (κ1) is 19.2. The van der Waals surface area contributed by atoms with E-state index in [4.69, 9.17) is 16.7 Å². The van der Waals surface area contributed by atoms with Gasteiger partial charge in [0, 0.05) is 31.7 Å². The molecule has 8 nitrogen and oxygen atoms in total. The second kappa shape index (κ2) is 9.43. The van der Waals surface area contributed by atoms with Crippen LogP contribution in [0.15, 0.2) is 34.9 Å². The Morgan fingerprint density at radius 1 is 1.26 bits per heavy atom. The lowest BCUT2D eigenvalue weighted by molar-refractivity contribution is -0.139. The largest absolute Gasteiger partial charge is 0.468 e. The third-order valence-electron chi connectivity index (χ3n) is 4.34. The van der Waals surface area contributed by atoms with Crippen molar-refractivity contribution in [3.63, 3.8) is 0 Å². The molecule has 1 saturated heterocycles. The highest BCUT2D eigenvalue weighted by molar-refractivity contribution is 7.80. The van der Waals surface area contributed by atoms with E-state index in [0.717, 1.165) is 38.2 Å². The number of carbonyl (C=O) groups excluding carboxylic acids is 1. The summed E-state index contributed by atoms with van der Waals surface area (Å²) in [5.41, 5.74) is 0.917. The summed E-state index contributed by atoms with van der Waals surface area (Å²) in [4.78, 5) is 20.1. The minimum absolute atomic E-state index is 0.0840. The van der Waals surface area contributed by atoms with E-state index in [-0.39, 0.29) is 12.5 Å². The molecule has 1 aromatic carbocycles. The quantitative estimate of drug-likeness (QED) is 0.601. The molecule has 0 aliphatic carbocycles. The molecule has 1 aliphatic heterocycles. The summed E-state index contributed by atoms with van der Waals surface area (Å²) in [5.74, 6) is 0.879. The number of nitrogens with one attached hydrogen (secondary N) is 1. The molecule has 0 bridgehead atoms. The van der Waals surface area contributed by atoms with Crippen molar-refractivity contribution in [3.8, 4) is 11.5 Å². The summed E-state index contributed by atoms with van der Waals surface area (Å²) in [7, 11) is 1.36. The molecule has 2 heterocycles. The normalized spacial score (nSPS) is 15.2. The predicted octanol–water partition coefficient (Wildman–Crippen LogP) is 1.29. The zero-order valence-corrected chi connectivity index (χ0v) is 16.1. The van der Waals surface area contributed by atoms with Gasteiger partial charge in [0.05, 0.1) is 13.7 Å². The van der Waals surface area contributed by atoms with E-state index < -0.39 is 0 Å². The maximum Gasteiger partial charge on any atom is 0.325 e. The molecule has 0 radical (unpaired) electrons. The zero-order chi connectivity index (χ0) is 19.1. The third-order valence-corrected chi connectivity index (χ3v) is 4.74. The molecule has 0 spiro atoms. The predicted molar refractivity (Wildman–Crippen MR) is 104 cm³/mol. The molecule has 2 aromatic rings. The van der Waals surface area contributed by atoms with E-state index in [1.807, 2.05) is 30.3 Å². The first-order valence-corrected chi connectivity index (χ1v) is 9.26. The van der Waals surface area contributed by atoms with Gasteiger partial charge in [-0.3, -0.25) is 9.69 Å². The second-order valence-electron chi connectivity index (χ2n) is 6.23. The van der Waals surface area contributed by atoms with Crippen LogP contribution in [0.2, 0.25) is 0 Å². The molecular weight excluding hydrogens is 366 g/mol. The van der Waals surface area contributed by atoms with Crippen LogP contribution in [0.5, 0.6) is 0 Å². The van der Waals surface area contributed by atoms with E-state index >= 15 is 0 Å². The standard InChI is InChI=1S/C18H23N5O3S/c1-25-16(24)12-19-18(27)23-9-5-8-22(10-11-23)13-15-20-17(26-21-15)14-6-3-2-4-7-14/h2-4,6-7H,5,8-13H2,1H3,(H,19,27). The van der Waals surface area contributed by atoms with E-state index in [1.165, 1.54) is 7.11 Å². The fourth-order valence-electron chi connectivity index (χ4n) is 2.88. The lowest BCUT2D eigenvalue weighted by atomic mass is 10.2. The summed E-state index contributed by atoms with van der Waals surface area (Å²) in [6.45, 7) is 4.08. The smallest absolute Gasteiger partial charge is 0.325 e. The Labute approximate surface area is 163 Å². The number of thiocarbonyl (C=S) groups is 1. The number of methoxy groups -OCH3 is 1. The molecular formula is C18H23N5O3S. The minimum atomic E-state index is -0.333. The number of hydrogen-bond acceptors (Lipinski definition) is 7. The Kier molecular flexibility index (Phi) is 6.72. The van der Waals surface area contributed by atoms with Gasteiger partial charge in [0.15, 0.2) is 10.9 Å². The third kappa shape index (κ3) is 5.48. The molecule has 0 saturated carbocycles. The Hall–Kier alpha value is -2.52. The van der Waals surface area contributed by atoms with E-state index in [2.05, 4.69) is 30.0 Å². The molecule has 0 atom stereocenters. The molecule has 0 unspecified atom stereocenters. The Bertz CT molecular complexity index is 767. The minimum Gasteiger partial charge on any atom is -0.468 e. The number of nitrogens with zero attached hydrogens (tertiary/aromatic N) is 4. The highest BCUT2D eigenvalue weighted by Crippen LogP contribution is 2.17. The van der Waals surface area contributed by atoms with Gasteiger partial charge in [-0.1, -0.05) is 23.4 Å². The van der Waals surface area contributed by atoms with E-state index in [0.29, 0.717) is 23.4 Å². The van der Waals surface area contributed by atoms with Crippen LogP contribution >= 0.6 is 12.2 Å². The molecule has 144 valence electrons. The van der Waals surface area contributed by atoms with Crippen LogP contribution in [0.3, 0.4) is 0 Å². The van der Waals surface area contributed by atoms with Crippen molar-refractivity contribution >= 4 is 23.3 Å². The number of carbonyl (C=O) groups is 1. The fraction of sp³-hybridized carbons (Fsp3) is 0.444. The summed E-state index contributed by atoms with van der Waals surface area (Å²) >= 11 is 5.38. The molecule has 1 aliphatic rings. The van der Waals surface area contributed by atoms with Crippen LogP contribution < -0.4 is 5.32 Å². The maximum atomic E-state index is 11.2. The van der Waals surface area contributed by atoms with Crippen molar-refractivity contribution in [3.05, 3.63) is 36.2 Å². The maximum absolute atomic E-state index is 11.2. The van der Waals surface area contributed by atoms with Crippen molar-refractivity contribution in [2.75, 3.05) is 39.8 Å². The average Bonchev–Trinajstić information content (AvgIpc) is 3.04. The van der Waals surface area contributed by atoms with E-state index in [9.17, 15) is 4.79 Å². The molecule has 1 aromatic heterocycles. The fourth-order valence-corrected chi connectivity index (χ4v) is 3.13. The lowest BCUT2D eigenvalue weighted by Gasteiger charge is -2.24. The van der Waals surface area contributed by atoms with Gasteiger partial charge >= 0.3 is 5.97 Å². The SMILES string of the molecule is COC(=O)CNC(=S)N1CCCN(Cc2noc(-c3ccccc3)n2)CC1. The number of ether oxygens (including phenoxy) is 1. The van der Waals surface area contributed by atoms with E-state index in [1.54, 1.807) is 0 Å². The highest BCUT2D eigenvalue weighted by atomic mass is 32.1. The zero-order valence-electron chi connectivity index (χ0n) is 15.3.